The molecule has 0 aromatic heterocycles. The maximum atomic E-state index is 12.5. The molecule has 2 rings (SSSR count). The highest BCUT2D eigenvalue weighted by Gasteiger charge is 2.30. The first kappa shape index (κ1) is 17.2. The molecule has 1 unspecified atom stereocenters. The Morgan fingerprint density at radius 2 is 1.95 bits per heavy atom. The molecule has 0 saturated carbocycles. The van der Waals surface area contributed by atoms with Gasteiger partial charge in [0.05, 0.1) is 23.3 Å². The SMILES string of the molecule is COC(=O)C1CCN(C(=O)C(C)Sc2ccccc2Cl)CC1. The number of nitrogens with zero attached hydrogens (tertiary/aromatic N) is 1. The van der Waals surface area contributed by atoms with Gasteiger partial charge in [-0.25, -0.2) is 0 Å². The first-order valence-corrected chi connectivity index (χ1v) is 8.56. The van der Waals surface area contributed by atoms with Crippen LogP contribution in [0.4, 0.5) is 0 Å². The minimum absolute atomic E-state index is 0.0828. The summed E-state index contributed by atoms with van der Waals surface area (Å²) in [5, 5.41) is 0.464. The number of rotatable bonds is 4. The number of ether oxygens (including phenoxy) is 1. The molecule has 1 heterocycles. The summed E-state index contributed by atoms with van der Waals surface area (Å²) in [6.45, 7) is 3.10. The maximum Gasteiger partial charge on any atom is 0.308 e. The number of amides is 1. The van der Waals surface area contributed by atoms with Crippen LogP contribution in [0.5, 0.6) is 0 Å². The van der Waals surface area contributed by atoms with Gasteiger partial charge in [0, 0.05) is 18.0 Å². The summed E-state index contributed by atoms with van der Waals surface area (Å²) >= 11 is 7.60. The van der Waals surface area contributed by atoms with E-state index in [1.807, 2.05) is 36.1 Å². The molecule has 0 bridgehead atoms. The minimum atomic E-state index is -0.199. The Bertz CT molecular complexity index is 544. The van der Waals surface area contributed by atoms with Gasteiger partial charge in [0.15, 0.2) is 0 Å². The number of likely N-dealkylation sites (tertiary alicyclic amines) is 1. The van der Waals surface area contributed by atoms with Crippen LogP contribution in [0.3, 0.4) is 0 Å². The van der Waals surface area contributed by atoms with E-state index < -0.39 is 0 Å². The second kappa shape index (κ2) is 7.88. The molecule has 1 atom stereocenters. The first-order chi connectivity index (χ1) is 10.5. The zero-order valence-corrected chi connectivity index (χ0v) is 14.3. The third-order valence-electron chi connectivity index (χ3n) is 3.83. The van der Waals surface area contributed by atoms with Crippen LogP contribution in [-0.4, -0.2) is 42.2 Å². The Labute approximate surface area is 140 Å². The highest BCUT2D eigenvalue weighted by molar-refractivity contribution is 8.00. The van der Waals surface area contributed by atoms with Gasteiger partial charge in [-0.3, -0.25) is 9.59 Å². The summed E-state index contributed by atoms with van der Waals surface area (Å²) in [4.78, 5) is 26.8. The molecule has 0 radical (unpaired) electrons. The third-order valence-corrected chi connectivity index (χ3v) is 5.44. The fourth-order valence-electron chi connectivity index (χ4n) is 2.54. The maximum absolute atomic E-state index is 12.5. The van der Waals surface area contributed by atoms with E-state index >= 15 is 0 Å². The molecule has 22 heavy (non-hydrogen) atoms. The monoisotopic (exact) mass is 341 g/mol. The highest BCUT2D eigenvalue weighted by Crippen LogP contribution is 2.31. The summed E-state index contributed by atoms with van der Waals surface area (Å²) in [5.74, 6) is -0.167. The number of thioether (sulfide) groups is 1. The van der Waals surface area contributed by atoms with Crippen molar-refractivity contribution in [3.63, 3.8) is 0 Å². The number of halogens is 1. The topological polar surface area (TPSA) is 46.6 Å². The largest absolute Gasteiger partial charge is 0.469 e. The lowest BCUT2D eigenvalue weighted by atomic mass is 9.97. The molecule has 120 valence electrons. The van der Waals surface area contributed by atoms with Crippen LogP contribution in [0.1, 0.15) is 19.8 Å². The van der Waals surface area contributed by atoms with E-state index in [-0.39, 0.29) is 23.0 Å². The molecule has 1 fully saturated rings. The second-order valence-electron chi connectivity index (χ2n) is 5.31. The van der Waals surface area contributed by atoms with Gasteiger partial charge in [0.25, 0.3) is 0 Å². The van der Waals surface area contributed by atoms with Crippen molar-refractivity contribution in [1.82, 2.24) is 4.90 Å². The van der Waals surface area contributed by atoms with Crippen LogP contribution < -0.4 is 0 Å². The van der Waals surface area contributed by atoms with E-state index in [0.717, 1.165) is 4.90 Å². The van der Waals surface area contributed by atoms with Gasteiger partial charge in [-0.1, -0.05) is 23.7 Å². The molecule has 1 aliphatic rings. The van der Waals surface area contributed by atoms with Crippen molar-refractivity contribution in [2.24, 2.45) is 5.92 Å². The lowest BCUT2D eigenvalue weighted by Crippen LogP contribution is -2.43. The fraction of sp³-hybridized carbons (Fsp3) is 0.500. The van der Waals surface area contributed by atoms with Crippen LogP contribution in [0.2, 0.25) is 5.02 Å². The van der Waals surface area contributed by atoms with Gasteiger partial charge in [0.2, 0.25) is 5.91 Å². The number of methoxy groups -OCH3 is 1. The smallest absolute Gasteiger partial charge is 0.308 e. The third kappa shape index (κ3) is 4.17. The molecular weight excluding hydrogens is 322 g/mol. The van der Waals surface area contributed by atoms with Gasteiger partial charge < -0.3 is 9.64 Å². The molecular formula is C16H20ClNO3S. The first-order valence-electron chi connectivity index (χ1n) is 7.30. The molecule has 1 saturated heterocycles. The van der Waals surface area contributed by atoms with Gasteiger partial charge in [0.1, 0.15) is 0 Å². The summed E-state index contributed by atoms with van der Waals surface area (Å²) in [6.07, 6.45) is 1.34. The lowest BCUT2D eigenvalue weighted by Gasteiger charge is -2.32. The van der Waals surface area contributed by atoms with E-state index in [0.29, 0.717) is 31.0 Å². The van der Waals surface area contributed by atoms with Crippen LogP contribution >= 0.6 is 23.4 Å². The van der Waals surface area contributed by atoms with Gasteiger partial charge in [-0.15, -0.1) is 11.8 Å². The molecule has 1 aromatic rings. The Kier molecular flexibility index (Phi) is 6.15. The lowest BCUT2D eigenvalue weighted by molar-refractivity contribution is -0.148. The van der Waals surface area contributed by atoms with Gasteiger partial charge >= 0.3 is 5.97 Å². The van der Waals surface area contributed by atoms with Gasteiger partial charge in [-0.2, -0.15) is 0 Å². The van der Waals surface area contributed by atoms with Crippen molar-refractivity contribution in [2.75, 3.05) is 20.2 Å². The predicted octanol–water partition coefficient (Wildman–Crippen LogP) is 3.23. The van der Waals surface area contributed by atoms with Crippen molar-refractivity contribution in [2.45, 2.75) is 29.9 Å². The second-order valence-corrected chi connectivity index (χ2v) is 7.10. The number of hydrogen-bond acceptors (Lipinski definition) is 4. The van der Waals surface area contributed by atoms with Crippen LogP contribution in [0, 0.1) is 5.92 Å². The molecule has 1 amide bonds. The quantitative estimate of drug-likeness (QED) is 0.623. The fourth-order valence-corrected chi connectivity index (χ4v) is 3.78. The summed E-state index contributed by atoms with van der Waals surface area (Å²) < 4.78 is 4.76. The van der Waals surface area contributed by atoms with E-state index in [4.69, 9.17) is 16.3 Å². The summed E-state index contributed by atoms with van der Waals surface area (Å²) in [7, 11) is 1.40. The molecule has 0 N–H and O–H groups in total. The zero-order valence-electron chi connectivity index (χ0n) is 12.8. The molecule has 4 nitrogen and oxygen atoms in total. The van der Waals surface area contributed by atoms with Crippen LogP contribution in [0.15, 0.2) is 29.2 Å². The van der Waals surface area contributed by atoms with Crippen LogP contribution in [-0.2, 0) is 14.3 Å². The average molecular weight is 342 g/mol. The number of carbonyl (C=O) groups excluding carboxylic acids is 2. The average Bonchev–Trinajstić information content (AvgIpc) is 2.55. The molecule has 1 aliphatic heterocycles. The van der Waals surface area contributed by atoms with E-state index in [1.165, 1.54) is 18.9 Å². The zero-order chi connectivity index (χ0) is 16.1. The standard InChI is InChI=1S/C16H20ClNO3S/c1-11(22-14-6-4-3-5-13(14)17)15(19)18-9-7-12(8-10-18)16(20)21-2/h3-6,11-12H,7-10H2,1-2H3. The van der Waals surface area contributed by atoms with E-state index in [2.05, 4.69) is 0 Å². The van der Waals surface area contributed by atoms with Gasteiger partial charge in [-0.05, 0) is 31.9 Å². The number of piperidine rings is 1. The molecule has 0 spiro atoms. The number of hydrogen-bond donors (Lipinski definition) is 0. The minimum Gasteiger partial charge on any atom is -0.469 e. The van der Waals surface area contributed by atoms with Crippen molar-refractivity contribution < 1.29 is 14.3 Å². The predicted molar refractivity (Wildman–Crippen MR) is 88.1 cm³/mol. The normalized spacial score (nSPS) is 17.1. The van der Waals surface area contributed by atoms with Crippen molar-refractivity contribution in [1.29, 1.82) is 0 Å². The number of esters is 1. The Hall–Kier alpha value is -1.20. The van der Waals surface area contributed by atoms with Crippen molar-refractivity contribution in [3.05, 3.63) is 29.3 Å². The summed E-state index contributed by atoms with van der Waals surface area (Å²) in [5.41, 5.74) is 0. The number of carbonyl (C=O) groups is 2. The highest BCUT2D eigenvalue weighted by atomic mass is 35.5. The van der Waals surface area contributed by atoms with E-state index in [1.54, 1.807) is 0 Å². The Morgan fingerprint density at radius 1 is 1.32 bits per heavy atom. The molecule has 0 aliphatic carbocycles. The van der Waals surface area contributed by atoms with Crippen molar-refractivity contribution in [3.8, 4) is 0 Å². The Balaban J connectivity index is 1.89. The van der Waals surface area contributed by atoms with Crippen molar-refractivity contribution >= 4 is 35.2 Å². The van der Waals surface area contributed by atoms with E-state index in [9.17, 15) is 9.59 Å². The molecule has 1 aromatic carbocycles. The summed E-state index contributed by atoms with van der Waals surface area (Å²) in [6, 6.07) is 7.52. The Morgan fingerprint density at radius 3 is 2.55 bits per heavy atom. The van der Waals surface area contributed by atoms with Crippen LogP contribution in [0.25, 0.3) is 0 Å². The number of benzene rings is 1. The molecule has 6 heteroatoms.